The molecule has 0 saturated heterocycles. The van der Waals surface area contributed by atoms with Crippen LogP contribution in [0.3, 0.4) is 0 Å². The monoisotopic (exact) mass is 350 g/mol. The second-order valence-electron chi connectivity index (χ2n) is 5.42. The second kappa shape index (κ2) is 8.47. The van der Waals surface area contributed by atoms with E-state index < -0.39 is 0 Å². The topological polar surface area (TPSA) is 118 Å². The van der Waals surface area contributed by atoms with E-state index in [0.29, 0.717) is 30.5 Å². The van der Waals surface area contributed by atoms with Crippen molar-refractivity contribution in [2.45, 2.75) is 6.92 Å². The molecule has 3 aromatic heterocycles. The van der Waals surface area contributed by atoms with Crippen molar-refractivity contribution in [3.05, 3.63) is 60.3 Å². The van der Waals surface area contributed by atoms with Crippen molar-refractivity contribution < 1.29 is 4.79 Å². The first-order chi connectivity index (χ1) is 12.7. The molecule has 0 unspecified atom stereocenters. The number of amides is 1. The van der Waals surface area contributed by atoms with E-state index in [-0.39, 0.29) is 11.6 Å². The Bertz CT molecular complexity index is 854. The second-order valence-corrected chi connectivity index (χ2v) is 5.42. The minimum atomic E-state index is -0.267. The molecule has 0 atom stereocenters. The highest BCUT2D eigenvalue weighted by atomic mass is 16.1. The number of aromatic nitrogens is 5. The van der Waals surface area contributed by atoms with Gasteiger partial charge < -0.3 is 16.0 Å². The minimum absolute atomic E-state index is 0.267. The van der Waals surface area contributed by atoms with Gasteiger partial charge in [-0.3, -0.25) is 9.78 Å². The summed E-state index contributed by atoms with van der Waals surface area (Å²) in [4.78, 5) is 23.8. The number of rotatable bonds is 7. The average molecular weight is 350 g/mol. The molecule has 0 bridgehead atoms. The molecule has 26 heavy (non-hydrogen) atoms. The number of carbonyl (C=O) groups is 1. The van der Waals surface area contributed by atoms with Gasteiger partial charge >= 0.3 is 0 Å². The van der Waals surface area contributed by atoms with Gasteiger partial charge in [-0.2, -0.15) is 0 Å². The van der Waals surface area contributed by atoms with Crippen LogP contribution in [0.25, 0.3) is 0 Å². The van der Waals surface area contributed by atoms with E-state index in [2.05, 4.69) is 41.1 Å². The summed E-state index contributed by atoms with van der Waals surface area (Å²) in [5.74, 6) is 1.66. The van der Waals surface area contributed by atoms with E-state index in [1.807, 2.05) is 19.1 Å². The summed E-state index contributed by atoms with van der Waals surface area (Å²) in [5.41, 5.74) is 1.39. The van der Waals surface area contributed by atoms with Crippen molar-refractivity contribution >= 4 is 23.4 Å². The third-order valence-electron chi connectivity index (χ3n) is 3.35. The molecular weight excluding hydrogens is 332 g/mol. The molecule has 3 heterocycles. The number of pyridine rings is 1. The Kier molecular flexibility index (Phi) is 5.61. The van der Waals surface area contributed by atoms with Gasteiger partial charge in [0.2, 0.25) is 0 Å². The minimum Gasteiger partial charge on any atom is -0.367 e. The quantitative estimate of drug-likeness (QED) is 0.550. The van der Waals surface area contributed by atoms with Gasteiger partial charge in [0, 0.05) is 31.7 Å². The molecule has 0 aromatic carbocycles. The van der Waals surface area contributed by atoms with Gasteiger partial charge in [0.1, 0.15) is 17.3 Å². The molecule has 0 aliphatic rings. The number of hydrogen-bond acceptors (Lipinski definition) is 8. The highest BCUT2D eigenvalue weighted by molar-refractivity contribution is 5.91. The molecule has 3 N–H and O–H groups in total. The number of aryl methyl sites for hydroxylation is 1. The molecule has 0 saturated carbocycles. The van der Waals surface area contributed by atoms with Crippen LogP contribution in [-0.2, 0) is 0 Å². The van der Waals surface area contributed by atoms with Crippen LogP contribution in [0.1, 0.15) is 16.1 Å². The fraction of sp³-hybridized carbons (Fsp3) is 0.176. The van der Waals surface area contributed by atoms with Crippen LogP contribution in [-0.4, -0.2) is 44.1 Å². The first kappa shape index (κ1) is 17.2. The number of anilines is 3. The van der Waals surface area contributed by atoms with Crippen molar-refractivity contribution in [3.8, 4) is 0 Å². The zero-order valence-corrected chi connectivity index (χ0v) is 14.2. The average Bonchev–Trinajstić information content (AvgIpc) is 2.67. The summed E-state index contributed by atoms with van der Waals surface area (Å²) in [6.07, 6.45) is 6.15. The largest absolute Gasteiger partial charge is 0.367 e. The van der Waals surface area contributed by atoms with Gasteiger partial charge in [-0.1, -0.05) is 0 Å². The Labute approximate surface area is 150 Å². The number of nitrogens with zero attached hydrogens (tertiary/aromatic N) is 5. The fourth-order valence-corrected chi connectivity index (χ4v) is 2.10. The Morgan fingerprint density at radius 2 is 1.81 bits per heavy atom. The summed E-state index contributed by atoms with van der Waals surface area (Å²) in [7, 11) is 0. The lowest BCUT2D eigenvalue weighted by atomic mass is 10.3. The van der Waals surface area contributed by atoms with Crippen LogP contribution in [0.15, 0.2) is 49.1 Å². The Balaban J connectivity index is 1.44. The predicted octanol–water partition coefficient (Wildman–Crippen LogP) is 1.56. The summed E-state index contributed by atoms with van der Waals surface area (Å²) >= 11 is 0. The molecule has 0 radical (unpaired) electrons. The highest BCUT2D eigenvalue weighted by Gasteiger charge is 2.05. The normalized spacial score (nSPS) is 10.2. The van der Waals surface area contributed by atoms with Gasteiger partial charge in [-0.25, -0.2) is 9.97 Å². The number of carbonyl (C=O) groups excluding carboxylic acids is 1. The van der Waals surface area contributed by atoms with Crippen molar-refractivity contribution in [3.63, 3.8) is 0 Å². The predicted molar refractivity (Wildman–Crippen MR) is 97.1 cm³/mol. The summed E-state index contributed by atoms with van der Waals surface area (Å²) in [5, 5.41) is 17.1. The number of nitrogens with one attached hydrogen (secondary N) is 3. The zero-order valence-electron chi connectivity index (χ0n) is 14.2. The lowest BCUT2D eigenvalue weighted by molar-refractivity contribution is 0.0950. The van der Waals surface area contributed by atoms with Gasteiger partial charge in [0.05, 0.1) is 6.20 Å². The van der Waals surface area contributed by atoms with E-state index in [1.54, 1.807) is 18.3 Å². The molecule has 0 aliphatic heterocycles. The van der Waals surface area contributed by atoms with Crippen LogP contribution in [0, 0.1) is 6.92 Å². The van der Waals surface area contributed by atoms with E-state index >= 15 is 0 Å². The third-order valence-corrected chi connectivity index (χ3v) is 3.35. The van der Waals surface area contributed by atoms with Crippen molar-refractivity contribution in [1.82, 2.24) is 30.5 Å². The number of hydrogen-bond donors (Lipinski definition) is 3. The molecule has 0 aliphatic carbocycles. The Morgan fingerprint density at radius 1 is 0.962 bits per heavy atom. The van der Waals surface area contributed by atoms with Gasteiger partial charge in [0.15, 0.2) is 5.82 Å². The van der Waals surface area contributed by atoms with Gasteiger partial charge in [0.25, 0.3) is 5.91 Å². The fourth-order valence-electron chi connectivity index (χ4n) is 2.10. The van der Waals surface area contributed by atoms with Crippen LogP contribution >= 0.6 is 0 Å². The van der Waals surface area contributed by atoms with Crippen molar-refractivity contribution in [2.24, 2.45) is 0 Å². The standard InChI is InChI=1S/C17H18N8O/c1-12-4-5-20-16(10-12)23-15-3-2-14(24-25-15)21-8-9-22-17(26)13-11-18-6-7-19-13/h2-7,10-11H,8-9H2,1H3,(H,21,24)(H,22,26)(H,20,23,25). The highest BCUT2D eigenvalue weighted by Crippen LogP contribution is 2.13. The lowest BCUT2D eigenvalue weighted by Crippen LogP contribution is -2.29. The van der Waals surface area contributed by atoms with E-state index in [9.17, 15) is 4.79 Å². The smallest absolute Gasteiger partial charge is 0.271 e. The van der Waals surface area contributed by atoms with Gasteiger partial charge in [-0.15, -0.1) is 10.2 Å². The zero-order chi connectivity index (χ0) is 18.2. The summed E-state index contributed by atoms with van der Waals surface area (Å²) in [6, 6.07) is 7.45. The molecule has 1 amide bonds. The van der Waals surface area contributed by atoms with Crippen LogP contribution in [0.2, 0.25) is 0 Å². The molecule has 9 nitrogen and oxygen atoms in total. The van der Waals surface area contributed by atoms with Crippen LogP contribution in [0.5, 0.6) is 0 Å². The maximum Gasteiger partial charge on any atom is 0.271 e. The summed E-state index contributed by atoms with van der Waals surface area (Å²) < 4.78 is 0. The summed E-state index contributed by atoms with van der Waals surface area (Å²) in [6.45, 7) is 2.92. The maximum absolute atomic E-state index is 11.8. The molecule has 0 spiro atoms. The molecule has 132 valence electrons. The molecule has 3 rings (SSSR count). The van der Waals surface area contributed by atoms with Crippen LogP contribution < -0.4 is 16.0 Å². The van der Waals surface area contributed by atoms with E-state index in [1.165, 1.54) is 18.6 Å². The van der Waals surface area contributed by atoms with E-state index in [4.69, 9.17) is 0 Å². The Hall–Kier alpha value is -3.62. The van der Waals surface area contributed by atoms with Crippen LogP contribution in [0.4, 0.5) is 17.5 Å². The molecule has 0 fully saturated rings. The van der Waals surface area contributed by atoms with Gasteiger partial charge in [-0.05, 0) is 36.8 Å². The third kappa shape index (κ3) is 4.94. The maximum atomic E-state index is 11.8. The first-order valence-electron chi connectivity index (χ1n) is 8.02. The van der Waals surface area contributed by atoms with E-state index in [0.717, 1.165) is 5.56 Å². The first-order valence-corrected chi connectivity index (χ1v) is 8.02. The molecule has 9 heteroatoms. The van der Waals surface area contributed by atoms with Crippen molar-refractivity contribution in [2.75, 3.05) is 23.7 Å². The SMILES string of the molecule is Cc1ccnc(Nc2ccc(NCCNC(=O)c3cnccn3)nn2)c1. The molecular formula is C17H18N8O. The molecule has 3 aromatic rings. The Morgan fingerprint density at radius 3 is 2.54 bits per heavy atom. The van der Waals surface area contributed by atoms with Crippen molar-refractivity contribution in [1.29, 1.82) is 0 Å². The lowest BCUT2D eigenvalue weighted by Gasteiger charge is -2.08.